The van der Waals surface area contributed by atoms with Gasteiger partial charge in [0.05, 0.1) is 17.4 Å². The SMILES string of the molecule is CCN1CCc2nc(NC(=O)c3nnn(C4CCNCC4)c3C)sc2C1.Cl.Cl. The second kappa shape index (κ2) is 9.98. The number of aromatic nitrogens is 4. The predicted molar refractivity (Wildman–Crippen MR) is 115 cm³/mol. The molecular weight excluding hydrogens is 421 g/mol. The molecule has 0 radical (unpaired) electrons. The standard InChI is InChI=1S/C17H25N7OS.2ClH/c1-3-23-9-6-13-14(10-23)26-17(19-13)20-16(25)15-11(2)24(22-21-15)12-4-7-18-8-5-12;;/h12,18H,3-10H2,1-2H3,(H,19,20,25);2*1H. The number of rotatable bonds is 4. The Labute approximate surface area is 181 Å². The zero-order valence-electron chi connectivity index (χ0n) is 16.1. The molecule has 1 fully saturated rings. The van der Waals surface area contributed by atoms with E-state index in [2.05, 4.69) is 37.8 Å². The second-order valence-corrected chi connectivity index (χ2v) is 7.99. The number of piperidine rings is 1. The van der Waals surface area contributed by atoms with Gasteiger partial charge in [0.25, 0.3) is 5.91 Å². The smallest absolute Gasteiger partial charge is 0.279 e. The van der Waals surface area contributed by atoms with Crippen molar-refractivity contribution in [1.29, 1.82) is 0 Å². The van der Waals surface area contributed by atoms with E-state index < -0.39 is 0 Å². The molecular formula is C17H27Cl2N7OS. The van der Waals surface area contributed by atoms with Crippen LogP contribution in [0.5, 0.6) is 0 Å². The number of carbonyl (C=O) groups is 1. The van der Waals surface area contributed by atoms with Gasteiger partial charge in [-0.05, 0) is 39.4 Å². The first-order valence-corrected chi connectivity index (χ1v) is 10.1. The van der Waals surface area contributed by atoms with E-state index >= 15 is 0 Å². The highest BCUT2D eigenvalue weighted by Gasteiger charge is 2.25. The third-order valence-electron chi connectivity index (χ3n) is 5.28. The molecule has 0 bridgehead atoms. The molecule has 28 heavy (non-hydrogen) atoms. The highest BCUT2D eigenvalue weighted by atomic mass is 35.5. The van der Waals surface area contributed by atoms with Crippen molar-refractivity contribution in [3.8, 4) is 0 Å². The minimum atomic E-state index is -0.221. The highest BCUT2D eigenvalue weighted by molar-refractivity contribution is 7.15. The monoisotopic (exact) mass is 447 g/mol. The van der Waals surface area contributed by atoms with Gasteiger partial charge in [-0.25, -0.2) is 9.67 Å². The van der Waals surface area contributed by atoms with Crippen LogP contribution in [-0.4, -0.2) is 57.0 Å². The number of amides is 1. The molecule has 0 atom stereocenters. The Morgan fingerprint density at radius 1 is 1.32 bits per heavy atom. The molecule has 4 heterocycles. The van der Waals surface area contributed by atoms with Gasteiger partial charge < -0.3 is 5.32 Å². The fraction of sp³-hybridized carbons (Fsp3) is 0.647. The number of nitrogens with zero attached hydrogens (tertiary/aromatic N) is 5. The van der Waals surface area contributed by atoms with Crippen molar-refractivity contribution < 1.29 is 4.79 Å². The van der Waals surface area contributed by atoms with Crippen molar-refractivity contribution >= 4 is 47.2 Å². The molecule has 0 aromatic carbocycles. The van der Waals surface area contributed by atoms with E-state index in [4.69, 9.17) is 0 Å². The zero-order chi connectivity index (χ0) is 18.1. The molecule has 0 unspecified atom stereocenters. The summed E-state index contributed by atoms with van der Waals surface area (Å²) in [6, 6.07) is 0.317. The number of likely N-dealkylation sites (N-methyl/N-ethyl adjacent to an activating group) is 1. The molecule has 2 N–H and O–H groups in total. The number of hydrogen-bond donors (Lipinski definition) is 2. The van der Waals surface area contributed by atoms with Crippen LogP contribution in [0.4, 0.5) is 5.13 Å². The summed E-state index contributed by atoms with van der Waals surface area (Å²) in [4.78, 5) is 20.9. The van der Waals surface area contributed by atoms with Crippen LogP contribution in [-0.2, 0) is 13.0 Å². The number of nitrogens with one attached hydrogen (secondary N) is 2. The molecule has 156 valence electrons. The average molecular weight is 448 g/mol. The van der Waals surface area contributed by atoms with Crippen molar-refractivity contribution in [3.63, 3.8) is 0 Å². The lowest BCUT2D eigenvalue weighted by Gasteiger charge is -2.23. The van der Waals surface area contributed by atoms with Crippen molar-refractivity contribution in [2.24, 2.45) is 0 Å². The van der Waals surface area contributed by atoms with Crippen LogP contribution >= 0.6 is 36.2 Å². The first-order chi connectivity index (χ1) is 12.7. The minimum absolute atomic E-state index is 0. The van der Waals surface area contributed by atoms with E-state index in [1.807, 2.05) is 11.6 Å². The number of halogens is 2. The molecule has 0 aliphatic carbocycles. The van der Waals surface area contributed by atoms with Crippen molar-refractivity contribution in [1.82, 2.24) is 30.2 Å². The van der Waals surface area contributed by atoms with Gasteiger partial charge in [0.2, 0.25) is 0 Å². The predicted octanol–water partition coefficient (Wildman–Crippen LogP) is 2.44. The Morgan fingerprint density at radius 2 is 2.07 bits per heavy atom. The van der Waals surface area contributed by atoms with Crippen LogP contribution in [0.15, 0.2) is 0 Å². The molecule has 2 aliphatic rings. The van der Waals surface area contributed by atoms with E-state index in [1.165, 1.54) is 4.88 Å². The molecule has 2 aromatic heterocycles. The number of hydrogen-bond acceptors (Lipinski definition) is 7. The first-order valence-electron chi connectivity index (χ1n) is 9.30. The second-order valence-electron chi connectivity index (χ2n) is 6.91. The lowest BCUT2D eigenvalue weighted by atomic mass is 10.1. The summed E-state index contributed by atoms with van der Waals surface area (Å²) < 4.78 is 1.90. The van der Waals surface area contributed by atoms with Gasteiger partial charge in [0.15, 0.2) is 10.8 Å². The van der Waals surface area contributed by atoms with Crippen molar-refractivity contribution in [2.75, 3.05) is 31.5 Å². The molecule has 1 amide bonds. The number of anilines is 1. The summed E-state index contributed by atoms with van der Waals surface area (Å²) in [6.07, 6.45) is 2.97. The number of thiazole rings is 1. The zero-order valence-corrected chi connectivity index (χ0v) is 18.6. The third-order valence-corrected chi connectivity index (χ3v) is 6.27. The quantitative estimate of drug-likeness (QED) is 0.747. The van der Waals surface area contributed by atoms with Crippen LogP contribution in [0.1, 0.15) is 52.6 Å². The van der Waals surface area contributed by atoms with E-state index in [0.717, 1.165) is 63.4 Å². The summed E-state index contributed by atoms with van der Waals surface area (Å²) in [5.41, 5.74) is 2.34. The third kappa shape index (κ3) is 4.65. The topological polar surface area (TPSA) is 88.0 Å². The van der Waals surface area contributed by atoms with E-state index in [9.17, 15) is 4.79 Å². The minimum Gasteiger partial charge on any atom is -0.317 e. The van der Waals surface area contributed by atoms with E-state index in [0.29, 0.717) is 16.9 Å². The molecule has 1 saturated heterocycles. The van der Waals surface area contributed by atoms with Crippen LogP contribution < -0.4 is 10.6 Å². The molecule has 0 saturated carbocycles. The fourth-order valence-corrected chi connectivity index (χ4v) is 4.72. The number of carbonyl (C=O) groups excluding carboxylic acids is 1. The average Bonchev–Trinajstić information content (AvgIpc) is 3.24. The summed E-state index contributed by atoms with van der Waals surface area (Å²) >= 11 is 1.57. The fourth-order valence-electron chi connectivity index (χ4n) is 3.68. The normalized spacial score (nSPS) is 17.4. The van der Waals surface area contributed by atoms with Gasteiger partial charge >= 0.3 is 0 Å². The lowest BCUT2D eigenvalue weighted by molar-refractivity contribution is 0.102. The van der Waals surface area contributed by atoms with Gasteiger partial charge in [0, 0.05) is 24.4 Å². The maximum absolute atomic E-state index is 12.7. The van der Waals surface area contributed by atoms with Gasteiger partial charge in [-0.1, -0.05) is 12.1 Å². The maximum Gasteiger partial charge on any atom is 0.279 e. The lowest BCUT2D eigenvalue weighted by Crippen LogP contribution is -2.30. The van der Waals surface area contributed by atoms with E-state index in [1.54, 1.807) is 11.3 Å². The molecule has 8 nitrogen and oxygen atoms in total. The van der Waals surface area contributed by atoms with Crippen molar-refractivity contribution in [2.45, 2.75) is 45.7 Å². The van der Waals surface area contributed by atoms with Crippen molar-refractivity contribution in [3.05, 3.63) is 22.0 Å². The maximum atomic E-state index is 12.7. The van der Waals surface area contributed by atoms with Crippen LogP contribution in [0.3, 0.4) is 0 Å². The Morgan fingerprint density at radius 3 is 2.79 bits per heavy atom. The summed E-state index contributed by atoms with van der Waals surface area (Å²) in [7, 11) is 0. The Hall–Kier alpha value is -1.26. The van der Waals surface area contributed by atoms with Crippen LogP contribution in [0.2, 0.25) is 0 Å². The molecule has 4 rings (SSSR count). The molecule has 2 aliphatic heterocycles. The highest BCUT2D eigenvalue weighted by Crippen LogP contribution is 2.28. The molecule has 11 heteroatoms. The Bertz CT molecular complexity index is 804. The number of fused-ring (bicyclic) bond motifs is 1. The first kappa shape index (κ1) is 23.0. The largest absolute Gasteiger partial charge is 0.317 e. The summed E-state index contributed by atoms with van der Waals surface area (Å²) in [6.45, 7) is 9.04. The van der Waals surface area contributed by atoms with Gasteiger partial charge in [-0.15, -0.1) is 41.2 Å². The summed E-state index contributed by atoms with van der Waals surface area (Å²) in [5.74, 6) is -0.221. The Kier molecular flexibility index (Phi) is 8.20. The van der Waals surface area contributed by atoms with Gasteiger partial charge in [-0.2, -0.15) is 0 Å². The Balaban J connectivity index is 0.00000140. The summed E-state index contributed by atoms with van der Waals surface area (Å²) in [5, 5.41) is 15.3. The molecule has 2 aromatic rings. The van der Waals surface area contributed by atoms with E-state index in [-0.39, 0.29) is 30.7 Å². The molecule has 0 spiro atoms. The van der Waals surface area contributed by atoms with Crippen LogP contribution in [0.25, 0.3) is 0 Å². The van der Waals surface area contributed by atoms with Gasteiger partial charge in [0.1, 0.15) is 0 Å². The van der Waals surface area contributed by atoms with Gasteiger partial charge in [-0.3, -0.25) is 15.0 Å². The van der Waals surface area contributed by atoms with Crippen LogP contribution in [0, 0.1) is 6.92 Å².